The van der Waals surface area contributed by atoms with Gasteiger partial charge in [0.2, 0.25) is 11.9 Å². The molecule has 0 bridgehead atoms. The van der Waals surface area contributed by atoms with Crippen molar-refractivity contribution in [3.8, 4) is 0 Å². The molecule has 0 aromatic rings. The minimum Gasteiger partial charge on any atom is -0.333 e. The largest absolute Gasteiger partial charge is 0.333 e. The Labute approximate surface area is 46.2 Å². The second kappa shape index (κ2) is 2.70. The average Bonchev–Trinajstić information content (AvgIpc) is 1.89. The maximum atomic E-state index is 10.5. The van der Waals surface area contributed by atoms with Gasteiger partial charge in [-0.2, -0.15) is 0 Å². The summed E-state index contributed by atoms with van der Waals surface area (Å²) in [5.41, 5.74) is 0. The van der Waals surface area contributed by atoms with Gasteiger partial charge in [0.1, 0.15) is 0 Å². The van der Waals surface area contributed by atoms with E-state index in [4.69, 9.17) is 2.86 Å². The summed E-state index contributed by atoms with van der Waals surface area (Å²) in [6, 6.07) is 0. The normalized spacial score (nSPS) is 23.4. The fourth-order valence-corrected chi connectivity index (χ4v) is 0.367. The molecular weight excluding hydrogens is 158 g/mol. The molecule has 0 aliphatic rings. The highest BCUT2D eigenvalue weighted by Gasteiger charge is 1.95. The Morgan fingerprint density at radius 3 is 2.71 bits per heavy atom. The van der Waals surface area contributed by atoms with Gasteiger partial charge in [-0.25, -0.2) is 4.21 Å². The summed E-state index contributed by atoms with van der Waals surface area (Å²) in [6.45, 7) is 0. The molecule has 0 aliphatic carbocycles. The van der Waals surface area contributed by atoms with Crippen molar-refractivity contribution in [1.29, 1.82) is 2.86 Å². The molecule has 1 unspecified atom stereocenters. The van der Waals surface area contributed by atoms with Crippen LogP contribution in [0, 0.1) is 0 Å². The van der Waals surface area contributed by atoms with Crippen molar-refractivity contribution >= 4 is 24.3 Å². The molecule has 7 heavy (non-hydrogen) atoms. The first-order valence-corrected chi connectivity index (χ1v) is 5.38. The van der Waals surface area contributed by atoms with E-state index in [0.717, 1.165) is 0 Å². The highest BCUT2D eigenvalue weighted by molar-refractivity contribution is 8.54. The molecule has 0 aliphatic heterocycles. The third-order valence-electron chi connectivity index (χ3n) is 0.188. The van der Waals surface area contributed by atoms with E-state index in [2.05, 4.69) is 9.45 Å². The summed E-state index contributed by atoms with van der Waals surface area (Å²) in [4.78, 5) is 3.58. The van der Waals surface area contributed by atoms with Gasteiger partial charge in [-0.05, 0) is 0 Å². The zero-order valence-corrected chi connectivity index (χ0v) is 5.54. The molecule has 4 nitrogen and oxygen atoms in total. The molecule has 7 heteroatoms. The Balaban J connectivity index is 4.48. The lowest BCUT2D eigenvalue weighted by atomic mass is 15.9. The van der Waals surface area contributed by atoms with E-state index < -0.39 is 24.3 Å². The first-order valence-electron chi connectivity index (χ1n) is 1.88. The molecule has 2 N–H and O–H groups in total. The van der Waals surface area contributed by atoms with Crippen molar-refractivity contribution in [3.63, 3.8) is 0 Å². The van der Waals surface area contributed by atoms with Gasteiger partial charge >= 0.3 is 0 Å². The zero-order chi connectivity index (χ0) is 7.33. The van der Waals surface area contributed by atoms with Gasteiger partial charge in [0.15, 0.2) is 7.58 Å². The highest BCUT2D eigenvalue weighted by Crippen LogP contribution is 2.14. The molecule has 0 radical (unpaired) electrons. The van der Waals surface area contributed by atoms with Crippen LogP contribution in [-0.4, -0.2) is 15.1 Å². The Hall–Kier alpha value is 0.470. The van der Waals surface area contributed by atoms with Crippen LogP contribution in [-0.2, 0) is 13.6 Å². The van der Waals surface area contributed by atoms with Gasteiger partial charge in [0.25, 0.3) is 7.66 Å². The molecule has 0 saturated carbocycles. The summed E-state index contributed by atoms with van der Waals surface area (Å²) >= 11 is 0. The van der Waals surface area contributed by atoms with Crippen LogP contribution in [0.5, 0.6) is 0 Å². The second-order valence-electron chi connectivity index (χ2n) is 0.597. The summed E-state index contributed by atoms with van der Waals surface area (Å²) in [5, 5.41) is 0. The van der Waals surface area contributed by atoms with Crippen LogP contribution in [0.4, 0.5) is 0 Å². The standard InChI is InChI=1S/H2O4P2S/c1-5-7(3,4)6-2/h1H,(H,3,4)/i/hD2. The maximum absolute atomic E-state index is 10.5. The SMILES string of the molecule is [2H]OP=S(=O)(O[2H])P=O. The molecule has 0 heterocycles. The highest BCUT2D eigenvalue weighted by atomic mass is 32.9. The van der Waals surface area contributed by atoms with Gasteiger partial charge in [0.05, 0.1) is 0 Å². The summed E-state index contributed by atoms with van der Waals surface area (Å²) in [6.07, 6.45) is 0. The molecule has 1 atom stereocenters. The molecule has 0 aromatic heterocycles. The van der Waals surface area contributed by atoms with E-state index >= 15 is 0 Å². The molecular formula is H2O4P2S. The maximum Gasteiger partial charge on any atom is 0.285 e. The Morgan fingerprint density at radius 1 is 1.86 bits per heavy atom. The van der Waals surface area contributed by atoms with Crippen LogP contribution in [0.3, 0.4) is 0 Å². The van der Waals surface area contributed by atoms with Crippen molar-refractivity contribution in [2.45, 2.75) is 0 Å². The Bertz CT molecular complexity index is 193. The number of hydrogen-bond acceptors (Lipinski definition) is 4. The monoisotopic (exact) mass is 162 g/mol. The van der Waals surface area contributed by atoms with E-state index in [1.807, 2.05) is 0 Å². The van der Waals surface area contributed by atoms with Crippen LogP contribution < -0.4 is 0 Å². The van der Waals surface area contributed by atoms with Crippen LogP contribution in [0.25, 0.3) is 1.43 Å². The Morgan fingerprint density at radius 2 is 2.57 bits per heavy atom. The van der Waals surface area contributed by atoms with Gasteiger partial charge in [0, 0.05) is 0 Å². The third kappa shape index (κ3) is 3.09. The van der Waals surface area contributed by atoms with E-state index in [9.17, 15) is 8.77 Å². The van der Waals surface area contributed by atoms with Gasteiger partial charge < -0.3 is 9.45 Å². The van der Waals surface area contributed by atoms with E-state index in [-0.39, 0.29) is 0 Å². The van der Waals surface area contributed by atoms with E-state index in [0.29, 0.717) is 0 Å². The lowest BCUT2D eigenvalue weighted by molar-refractivity contribution is 0.563. The fraction of sp³-hybridized carbons (Fsp3) is 0. The molecule has 0 aromatic carbocycles. The minimum absolute atomic E-state index is 0.421. The number of rotatable bonds is 3. The van der Waals surface area contributed by atoms with Crippen LogP contribution in [0.15, 0.2) is 0 Å². The number of hydrogen-bond donors (Lipinski definition) is 2. The van der Waals surface area contributed by atoms with Crippen LogP contribution in [0.2, 0.25) is 0 Å². The average molecular weight is 162 g/mol. The smallest absolute Gasteiger partial charge is 0.285 e. The second-order valence-corrected chi connectivity index (χ2v) is 6.43. The van der Waals surface area contributed by atoms with Gasteiger partial charge in [-0.15, -0.1) is 0 Å². The predicted molar refractivity (Wildman–Crippen MR) is 27.5 cm³/mol. The van der Waals surface area contributed by atoms with Crippen molar-refractivity contribution in [1.82, 2.24) is 0 Å². The lowest BCUT2D eigenvalue weighted by Gasteiger charge is -1.77. The topological polar surface area (TPSA) is 74.6 Å². The fourth-order valence-electron chi connectivity index (χ4n) is 0.0136. The van der Waals surface area contributed by atoms with Crippen molar-refractivity contribution in [2.24, 2.45) is 0 Å². The summed E-state index contributed by atoms with van der Waals surface area (Å²) < 4.78 is 36.1. The Kier molecular flexibility index (Phi) is 1.68. The lowest BCUT2D eigenvalue weighted by Crippen LogP contribution is -1.74. The van der Waals surface area contributed by atoms with Gasteiger partial charge in [-0.1, -0.05) is 0 Å². The van der Waals surface area contributed by atoms with Crippen molar-refractivity contribution in [3.05, 3.63) is 0 Å². The quantitative estimate of drug-likeness (QED) is 0.599. The molecule has 0 fully saturated rings. The summed E-state index contributed by atoms with van der Waals surface area (Å²) in [5.74, 6) is 0. The predicted octanol–water partition coefficient (Wildman–Crippen LogP) is 0.719. The first kappa shape index (κ1) is 4.36. The van der Waals surface area contributed by atoms with Gasteiger partial charge in [-0.3, -0.25) is 4.57 Å². The molecule has 0 rings (SSSR count). The molecule has 42 valence electrons. The molecule has 0 amide bonds. The molecule has 0 saturated heterocycles. The first-order chi connectivity index (χ1) is 4.18. The van der Waals surface area contributed by atoms with Crippen molar-refractivity contribution < 1.29 is 18.2 Å². The minimum atomic E-state index is -3.27. The third-order valence-corrected chi connectivity index (χ3v) is 2.90. The van der Waals surface area contributed by atoms with Crippen LogP contribution >= 0.6 is 15.2 Å². The molecule has 0 spiro atoms. The van der Waals surface area contributed by atoms with Crippen molar-refractivity contribution in [2.75, 3.05) is 0 Å². The van der Waals surface area contributed by atoms with E-state index in [1.165, 1.54) is 0 Å². The summed E-state index contributed by atoms with van der Waals surface area (Å²) in [7, 11) is -4.53. The van der Waals surface area contributed by atoms with Crippen LogP contribution in [0.1, 0.15) is 0 Å². The van der Waals surface area contributed by atoms with E-state index in [1.54, 1.807) is 0 Å². The zero-order valence-electron chi connectivity index (χ0n) is 4.94.